The summed E-state index contributed by atoms with van der Waals surface area (Å²) < 4.78 is 39.8. The summed E-state index contributed by atoms with van der Waals surface area (Å²) in [6.07, 6.45) is 0.975. The summed E-state index contributed by atoms with van der Waals surface area (Å²) in [6, 6.07) is 14.1. The van der Waals surface area contributed by atoms with Gasteiger partial charge in [0.15, 0.2) is 11.5 Å². The number of halogens is 3. The van der Waals surface area contributed by atoms with Crippen molar-refractivity contribution < 1.29 is 27.5 Å². The van der Waals surface area contributed by atoms with E-state index in [0.717, 1.165) is 4.31 Å². The van der Waals surface area contributed by atoms with Crippen molar-refractivity contribution in [3.05, 3.63) is 81.3 Å². The molecular weight excluding hydrogens is 637 g/mol. The van der Waals surface area contributed by atoms with E-state index in [1.54, 1.807) is 25.1 Å². The number of anilines is 1. The van der Waals surface area contributed by atoms with E-state index in [0.29, 0.717) is 39.3 Å². The second-order valence-corrected chi connectivity index (χ2v) is 12.6. The van der Waals surface area contributed by atoms with Gasteiger partial charge in [0.25, 0.3) is 10.0 Å². The zero-order valence-corrected chi connectivity index (χ0v) is 27.4. The number of hydrogen-bond donors (Lipinski definition) is 1. The topological polar surface area (TPSA) is 105 Å². The van der Waals surface area contributed by atoms with E-state index in [1.165, 1.54) is 61.6 Å². The van der Waals surface area contributed by atoms with Crippen LogP contribution in [0, 0.1) is 0 Å². The largest absolute Gasteiger partial charge is 0.493 e. The number of sulfonamides is 1. The SMILES string of the molecule is CCCNC(=O)C(CC)N(Cc1ccc(Cl)cc1Cl)C(=O)CN(c1ccc(Cl)cc1)S(=O)(=O)c1ccc(OC)c(OC)c1. The normalized spacial score (nSPS) is 11.9. The molecule has 0 fully saturated rings. The van der Waals surface area contributed by atoms with E-state index in [1.807, 2.05) is 6.92 Å². The van der Waals surface area contributed by atoms with E-state index in [4.69, 9.17) is 44.3 Å². The second-order valence-electron chi connectivity index (χ2n) is 9.48. The van der Waals surface area contributed by atoms with Crippen LogP contribution in [-0.2, 0) is 26.2 Å². The van der Waals surface area contributed by atoms with Crippen LogP contribution in [0.5, 0.6) is 11.5 Å². The Labute approximate surface area is 267 Å². The quantitative estimate of drug-likeness (QED) is 0.219. The smallest absolute Gasteiger partial charge is 0.264 e. The molecule has 0 aliphatic heterocycles. The maximum atomic E-state index is 14.2. The first-order valence-corrected chi connectivity index (χ1v) is 16.1. The molecule has 0 radical (unpaired) electrons. The van der Waals surface area contributed by atoms with Gasteiger partial charge in [0, 0.05) is 34.2 Å². The van der Waals surface area contributed by atoms with Gasteiger partial charge in [-0.25, -0.2) is 8.42 Å². The standard InChI is InChI=1S/C30H34Cl3N3O6S/c1-5-15-34-30(38)26(6-2)35(18-20-7-8-22(32)16-25(20)33)29(37)19-36(23-11-9-21(31)10-12-23)43(39,40)24-13-14-27(41-3)28(17-24)42-4/h7-14,16-17,26H,5-6,15,18-19H2,1-4H3,(H,34,38). The molecule has 3 rings (SSSR count). The molecule has 1 N–H and O–H groups in total. The number of ether oxygens (including phenoxy) is 2. The Morgan fingerprint density at radius 3 is 2.12 bits per heavy atom. The lowest BCUT2D eigenvalue weighted by atomic mass is 10.1. The third-order valence-corrected chi connectivity index (χ3v) is 9.24. The Balaban J connectivity index is 2.11. The van der Waals surface area contributed by atoms with E-state index >= 15 is 0 Å². The van der Waals surface area contributed by atoms with E-state index in [9.17, 15) is 18.0 Å². The van der Waals surface area contributed by atoms with E-state index in [2.05, 4.69) is 5.32 Å². The first-order chi connectivity index (χ1) is 20.5. The highest BCUT2D eigenvalue weighted by Gasteiger charge is 2.34. The van der Waals surface area contributed by atoms with Crippen molar-refractivity contribution in [3.8, 4) is 11.5 Å². The lowest BCUT2D eigenvalue weighted by Crippen LogP contribution is -2.52. The minimum atomic E-state index is -4.34. The number of carbonyl (C=O) groups excluding carboxylic acids is 2. The van der Waals surface area contributed by atoms with Gasteiger partial charge in [-0.15, -0.1) is 0 Å². The third-order valence-electron chi connectivity index (χ3n) is 6.63. The molecule has 232 valence electrons. The van der Waals surface area contributed by atoms with Crippen LogP contribution in [0.15, 0.2) is 65.6 Å². The minimum absolute atomic E-state index is 0.0578. The predicted molar refractivity (Wildman–Crippen MR) is 170 cm³/mol. The molecule has 9 nitrogen and oxygen atoms in total. The van der Waals surface area contributed by atoms with Gasteiger partial charge in [0.2, 0.25) is 11.8 Å². The fourth-order valence-electron chi connectivity index (χ4n) is 4.36. The Morgan fingerprint density at radius 1 is 0.884 bits per heavy atom. The molecule has 0 aliphatic carbocycles. The number of methoxy groups -OCH3 is 2. The summed E-state index contributed by atoms with van der Waals surface area (Å²) in [5.74, 6) is -0.443. The molecule has 0 bridgehead atoms. The summed E-state index contributed by atoms with van der Waals surface area (Å²) in [6.45, 7) is 3.43. The van der Waals surface area contributed by atoms with Crippen LogP contribution in [0.4, 0.5) is 5.69 Å². The summed E-state index contributed by atoms with van der Waals surface area (Å²) in [5.41, 5.74) is 0.738. The van der Waals surface area contributed by atoms with Crippen LogP contribution in [0.2, 0.25) is 15.1 Å². The lowest BCUT2D eigenvalue weighted by Gasteiger charge is -2.33. The third kappa shape index (κ3) is 8.47. The molecule has 1 unspecified atom stereocenters. The van der Waals surface area contributed by atoms with Crippen LogP contribution in [-0.4, -0.2) is 58.5 Å². The fourth-order valence-corrected chi connectivity index (χ4v) is 6.38. The van der Waals surface area contributed by atoms with E-state index in [-0.39, 0.29) is 35.2 Å². The first-order valence-electron chi connectivity index (χ1n) is 13.5. The fraction of sp³-hybridized carbons (Fsp3) is 0.333. The van der Waals surface area contributed by atoms with Crippen molar-refractivity contribution >= 4 is 62.3 Å². The number of benzene rings is 3. The Kier molecular flexibility index (Phi) is 12.4. The van der Waals surface area contributed by atoms with Crippen molar-refractivity contribution in [2.45, 2.75) is 44.2 Å². The van der Waals surface area contributed by atoms with Gasteiger partial charge in [0.05, 0.1) is 24.8 Å². The van der Waals surface area contributed by atoms with Gasteiger partial charge < -0.3 is 19.7 Å². The Bertz CT molecular complexity index is 1540. The van der Waals surface area contributed by atoms with Gasteiger partial charge in [0.1, 0.15) is 12.6 Å². The van der Waals surface area contributed by atoms with Crippen LogP contribution >= 0.6 is 34.8 Å². The zero-order chi connectivity index (χ0) is 31.7. The summed E-state index contributed by atoms with van der Waals surface area (Å²) in [5, 5.41) is 3.94. The minimum Gasteiger partial charge on any atom is -0.493 e. The van der Waals surface area contributed by atoms with Gasteiger partial charge in [-0.1, -0.05) is 54.7 Å². The maximum Gasteiger partial charge on any atom is 0.264 e. The molecule has 3 aromatic carbocycles. The molecule has 2 amide bonds. The van der Waals surface area contributed by atoms with Crippen molar-refractivity contribution in [2.24, 2.45) is 0 Å². The zero-order valence-electron chi connectivity index (χ0n) is 24.3. The summed E-state index contributed by atoms with van der Waals surface area (Å²) >= 11 is 18.6. The number of nitrogens with zero attached hydrogens (tertiary/aromatic N) is 2. The number of carbonyl (C=O) groups is 2. The van der Waals surface area contributed by atoms with Crippen molar-refractivity contribution in [1.29, 1.82) is 0 Å². The van der Waals surface area contributed by atoms with Crippen molar-refractivity contribution in [1.82, 2.24) is 10.2 Å². The predicted octanol–water partition coefficient (Wildman–Crippen LogP) is 6.19. The Morgan fingerprint density at radius 2 is 1.53 bits per heavy atom. The monoisotopic (exact) mass is 669 g/mol. The van der Waals surface area contributed by atoms with Crippen LogP contribution in [0.3, 0.4) is 0 Å². The van der Waals surface area contributed by atoms with Crippen molar-refractivity contribution in [2.75, 3.05) is 31.6 Å². The van der Waals surface area contributed by atoms with Crippen LogP contribution in [0.25, 0.3) is 0 Å². The summed E-state index contributed by atoms with van der Waals surface area (Å²) in [4.78, 5) is 28.6. The number of hydrogen-bond acceptors (Lipinski definition) is 6. The molecule has 43 heavy (non-hydrogen) atoms. The molecule has 3 aromatic rings. The molecule has 0 aliphatic rings. The van der Waals surface area contributed by atoms with Crippen molar-refractivity contribution in [3.63, 3.8) is 0 Å². The molecule has 0 aromatic heterocycles. The average molecular weight is 671 g/mol. The first kappa shape index (κ1) is 34.3. The molecule has 0 saturated carbocycles. The highest BCUT2D eigenvalue weighted by atomic mass is 35.5. The number of nitrogens with one attached hydrogen (secondary N) is 1. The van der Waals surface area contributed by atoms with Gasteiger partial charge in [-0.2, -0.15) is 0 Å². The highest BCUT2D eigenvalue weighted by Crippen LogP contribution is 2.33. The highest BCUT2D eigenvalue weighted by molar-refractivity contribution is 7.92. The summed E-state index contributed by atoms with van der Waals surface area (Å²) in [7, 11) is -1.51. The number of amides is 2. The van der Waals surface area contributed by atoms with E-state index < -0.39 is 28.5 Å². The molecule has 0 heterocycles. The molecule has 0 saturated heterocycles. The Hall–Kier alpha value is -3.18. The molecule has 0 spiro atoms. The molecule has 13 heteroatoms. The molecular formula is C30H34Cl3N3O6S. The van der Waals surface area contributed by atoms with Gasteiger partial charge >= 0.3 is 0 Å². The second kappa shape index (κ2) is 15.5. The molecule has 1 atom stereocenters. The van der Waals surface area contributed by atoms with Crippen LogP contribution < -0.4 is 19.1 Å². The lowest BCUT2D eigenvalue weighted by molar-refractivity contribution is -0.140. The van der Waals surface area contributed by atoms with Crippen LogP contribution in [0.1, 0.15) is 32.3 Å². The average Bonchev–Trinajstić information content (AvgIpc) is 2.99. The van der Waals surface area contributed by atoms with Gasteiger partial charge in [-0.3, -0.25) is 13.9 Å². The number of rotatable bonds is 14. The maximum absolute atomic E-state index is 14.2. The van der Waals surface area contributed by atoms with Gasteiger partial charge in [-0.05, 0) is 66.9 Å².